The average Bonchev–Trinajstić information content (AvgIpc) is 2.46. The molecule has 0 spiro atoms. The number of amides is 2. The second kappa shape index (κ2) is 6.69. The second-order valence-electron chi connectivity index (χ2n) is 6.18. The van der Waals surface area contributed by atoms with Crippen molar-refractivity contribution in [1.29, 1.82) is 0 Å². The van der Waals surface area contributed by atoms with E-state index in [1.807, 2.05) is 17.0 Å². The number of carbonyl (C=O) groups excluding carboxylic acids is 2. The van der Waals surface area contributed by atoms with Gasteiger partial charge in [-0.05, 0) is 37.8 Å². The SMILES string of the molecule is O=C(NC1CCN(C(=O)c2ccccc2Cl)CC1)C1CCC1. The molecule has 1 heterocycles. The zero-order valence-electron chi connectivity index (χ0n) is 12.6. The lowest BCUT2D eigenvalue weighted by molar-refractivity contribution is -0.128. The molecule has 1 aromatic rings. The van der Waals surface area contributed by atoms with Gasteiger partial charge in [-0.1, -0.05) is 30.2 Å². The summed E-state index contributed by atoms with van der Waals surface area (Å²) in [4.78, 5) is 26.3. The highest BCUT2D eigenvalue weighted by atomic mass is 35.5. The summed E-state index contributed by atoms with van der Waals surface area (Å²) in [5.74, 6) is 0.402. The number of hydrogen-bond donors (Lipinski definition) is 1. The molecule has 2 aliphatic rings. The number of nitrogens with zero attached hydrogens (tertiary/aromatic N) is 1. The molecular weight excluding hydrogens is 300 g/mol. The van der Waals surface area contributed by atoms with Crippen LogP contribution < -0.4 is 5.32 Å². The van der Waals surface area contributed by atoms with Gasteiger partial charge >= 0.3 is 0 Å². The molecule has 1 aromatic carbocycles. The highest BCUT2D eigenvalue weighted by Crippen LogP contribution is 2.27. The molecule has 1 aliphatic heterocycles. The first-order valence-electron chi connectivity index (χ1n) is 7.99. The van der Waals surface area contributed by atoms with E-state index in [-0.39, 0.29) is 23.8 Å². The van der Waals surface area contributed by atoms with E-state index < -0.39 is 0 Å². The Morgan fingerprint density at radius 1 is 1.09 bits per heavy atom. The van der Waals surface area contributed by atoms with Crippen LogP contribution in [0.2, 0.25) is 5.02 Å². The van der Waals surface area contributed by atoms with Gasteiger partial charge in [-0.15, -0.1) is 0 Å². The van der Waals surface area contributed by atoms with E-state index in [1.54, 1.807) is 12.1 Å². The first-order chi connectivity index (χ1) is 10.6. The maximum absolute atomic E-state index is 12.5. The van der Waals surface area contributed by atoms with Crippen molar-refractivity contribution in [3.05, 3.63) is 34.9 Å². The molecule has 1 saturated heterocycles. The van der Waals surface area contributed by atoms with Crippen molar-refractivity contribution in [3.63, 3.8) is 0 Å². The third-order valence-corrected chi connectivity index (χ3v) is 5.04. The van der Waals surface area contributed by atoms with Gasteiger partial charge in [0, 0.05) is 25.0 Å². The first kappa shape index (κ1) is 15.3. The van der Waals surface area contributed by atoms with Crippen LogP contribution in [0.15, 0.2) is 24.3 Å². The molecule has 5 heteroatoms. The van der Waals surface area contributed by atoms with E-state index in [1.165, 1.54) is 6.42 Å². The Kier molecular flexibility index (Phi) is 4.67. The van der Waals surface area contributed by atoms with Gasteiger partial charge in [0.1, 0.15) is 0 Å². The number of piperidine rings is 1. The van der Waals surface area contributed by atoms with Crippen molar-refractivity contribution in [2.24, 2.45) is 5.92 Å². The van der Waals surface area contributed by atoms with Gasteiger partial charge in [0.15, 0.2) is 0 Å². The summed E-state index contributed by atoms with van der Waals surface area (Å²) < 4.78 is 0. The molecule has 2 amide bonds. The molecule has 22 heavy (non-hydrogen) atoms. The third kappa shape index (κ3) is 3.27. The molecule has 118 valence electrons. The topological polar surface area (TPSA) is 49.4 Å². The Labute approximate surface area is 135 Å². The molecule has 0 atom stereocenters. The van der Waals surface area contributed by atoms with Crippen molar-refractivity contribution < 1.29 is 9.59 Å². The molecule has 4 nitrogen and oxygen atoms in total. The third-order valence-electron chi connectivity index (χ3n) is 4.71. The predicted molar refractivity (Wildman–Crippen MR) is 85.9 cm³/mol. The number of carbonyl (C=O) groups is 2. The summed E-state index contributed by atoms with van der Waals surface area (Å²) in [6.07, 6.45) is 4.84. The molecule has 0 aromatic heterocycles. The van der Waals surface area contributed by atoms with Gasteiger partial charge in [0.25, 0.3) is 5.91 Å². The van der Waals surface area contributed by atoms with Crippen LogP contribution in [0, 0.1) is 5.92 Å². The highest BCUT2D eigenvalue weighted by Gasteiger charge is 2.29. The lowest BCUT2D eigenvalue weighted by Gasteiger charge is -2.34. The summed E-state index contributed by atoms with van der Waals surface area (Å²) in [5.41, 5.74) is 0.557. The molecule has 1 aliphatic carbocycles. The fourth-order valence-corrected chi connectivity index (χ4v) is 3.24. The molecule has 1 saturated carbocycles. The van der Waals surface area contributed by atoms with E-state index >= 15 is 0 Å². The summed E-state index contributed by atoms with van der Waals surface area (Å²) in [6, 6.07) is 7.34. The standard InChI is InChI=1S/C17H21ClN2O2/c18-15-7-2-1-6-14(15)17(22)20-10-8-13(9-11-20)19-16(21)12-4-3-5-12/h1-2,6-7,12-13H,3-5,8-11H2,(H,19,21). The molecule has 0 unspecified atom stereocenters. The Balaban J connectivity index is 1.52. The molecule has 1 N–H and O–H groups in total. The normalized spacial score (nSPS) is 19.6. The van der Waals surface area contributed by atoms with E-state index in [0.29, 0.717) is 23.7 Å². The lowest BCUT2D eigenvalue weighted by atomic mass is 9.84. The molecule has 0 radical (unpaired) electrons. The second-order valence-corrected chi connectivity index (χ2v) is 6.59. The minimum absolute atomic E-state index is 0.0191. The van der Waals surface area contributed by atoms with Crippen LogP contribution in [0.4, 0.5) is 0 Å². The van der Waals surface area contributed by atoms with Crippen LogP contribution in [0.25, 0.3) is 0 Å². The lowest BCUT2D eigenvalue weighted by Crippen LogP contribution is -2.48. The van der Waals surface area contributed by atoms with Crippen LogP contribution in [0.5, 0.6) is 0 Å². The van der Waals surface area contributed by atoms with Gasteiger partial charge in [0.05, 0.1) is 10.6 Å². The minimum atomic E-state index is -0.0191. The van der Waals surface area contributed by atoms with E-state index in [9.17, 15) is 9.59 Å². The first-order valence-corrected chi connectivity index (χ1v) is 8.37. The van der Waals surface area contributed by atoms with Crippen LogP contribution in [0.3, 0.4) is 0 Å². The van der Waals surface area contributed by atoms with Gasteiger partial charge in [-0.25, -0.2) is 0 Å². The zero-order chi connectivity index (χ0) is 15.5. The number of benzene rings is 1. The Morgan fingerprint density at radius 3 is 2.36 bits per heavy atom. The van der Waals surface area contributed by atoms with Crippen LogP contribution in [-0.4, -0.2) is 35.8 Å². The maximum Gasteiger partial charge on any atom is 0.255 e. The molecule has 0 bridgehead atoms. The van der Waals surface area contributed by atoms with Gasteiger partial charge < -0.3 is 10.2 Å². The van der Waals surface area contributed by atoms with Crippen LogP contribution >= 0.6 is 11.6 Å². The zero-order valence-corrected chi connectivity index (χ0v) is 13.3. The largest absolute Gasteiger partial charge is 0.353 e. The van der Waals surface area contributed by atoms with E-state index in [2.05, 4.69) is 5.32 Å². The van der Waals surface area contributed by atoms with Crippen molar-refractivity contribution in [2.75, 3.05) is 13.1 Å². The smallest absolute Gasteiger partial charge is 0.255 e. The fraction of sp³-hybridized carbons (Fsp3) is 0.529. The van der Waals surface area contributed by atoms with Crippen molar-refractivity contribution in [1.82, 2.24) is 10.2 Å². The molecular formula is C17H21ClN2O2. The maximum atomic E-state index is 12.5. The number of likely N-dealkylation sites (tertiary alicyclic amines) is 1. The number of nitrogens with one attached hydrogen (secondary N) is 1. The van der Waals surface area contributed by atoms with Gasteiger partial charge in [-0.2, -0.15) is 0 Å². The quantitative estimate of drug-likeness (QED) is 0.931. The van der Waals surface area contributed by atoms with Gasteiger partial charge in [-0.3, -0.25) is 9.59 Å². The number of rotatable bonds is 3. The fourth-order valence-electron chi connectivity index (χ4n) is 3.02. The minimum Gasteiger partial charge on any atom is -0.353 e. The Bertz CT molecular complexity index is 564. The van der Waals surface area contributed by atoms with Crippen LogP contribution in [-0.2, 0) is 4.79 Å². The van der Waals surface area contributed by atoms with Crippen LogP contribution in [0.1, 0.15) is 42.5 Å². The Hall–Kier alpha value is -1.55. The molecule has 2 fully saturated rings. The molecule has 3 rings (SSSR count). The van der Waals surface area contributed by atoms with E-state index in [4.69, 9.17) is 11.6 Å². The van der Waals surface area contributed by atoms with Crippen molar-refractivity contribution in [2.45, 2.75) is 38.1 Å². The number of halogens is 1. The average molecular weight is 321 g/mol. The van der Waals surface area contributed by atoms with Gasteiger partial charge in [0.2, 0.25) is 5.91 Å². The van der Waals surface area contributed by atoms with E-state index in [0.717, 1.165) is 25.7 Å². The predicted octanol–water partition coefficient (Wildman–Crippen LogP) is 2.86. The summed E-state index contributed by atoms with van der Waals surface area (Å²) in [6.45, 7) is 1.33. The number of hydrogen-bond acceptors (Lipinski definition) is 2. The Morgan fingerprint density at radius 2 is 1.77 bits per heavy atom. The highest BCUT2D eigenvalue weighted by molar-refractivity contribution is 6.33. The summed E-state index contributed by atoms with van der Waals surface area (Å²) >= 11 is 6.09. The summed E-state index contributed by atoms with van der Waals surface area (Å²) in [7, 11) is 0. The van der Waals surface area contributed by atoms with Crippen molar-refractivity contribution >= 4 is 23.4 Å². The summed E-state index contributed by atoms with van der Waals surface area (Å²) in [5, 5.41) is 3.62. The van der Waals surface area contributed by atoms with Crippen molar-refractivity contribution in [3.8, 4) is 0 Å². The monoisotopic (exact) mass is 320 g/mol.